The van der Waals surface area contributed by atoms with Gasteiger partial charge in [-0.05, 0) is 30.0 Å². The van der Waals surface area contributed by atoms with Gasteiger partial charge in [0.15, 0.2) is 9.84 Å². The second-order valence-electron chi connectivity index (χ2n) is 6.36. The molecule has 0 saturated carbocycles. The number of benzene rings is 1. The summed E-state index contributed by atoms with van der Waals surface area (Å²) < 4.78 is 22.8. The first-order valence-electron chi connectivity index (χ1n) is 7.71. The number of rotatable bonds is 4. The Bertz CT molecular complexity index is 714. The quantitative estimate of drug-likeness (QED) is 0.849. The van der Waals surface area contributed by atoms with Gasteiger partial charge in [-0.15, -0.1) is 0 Å². The summed E-state index contributed by atoms with van der Waals surface area (Å²) in [5, 5.41) is 11.9. The van der Waals surface area contributed by atoms with Gasteiger partial charge >= 0.3 is 12.0 Å². The lowest BCUT2D eigenvalue weighted by Crippen LogP contribution is -2.49. The molecule has 0 spiro atoms. The monoisotopic (exact) mass is 354 g/mol. The number of carbonyl (C=O) groups excluding carboxylic acids is 1. The van der Waals surface area contributed by atoms with Crippen molar-refractivity contribution >= 4 is 21.8 Å². The summed E-state index contributed by atoms with van der Waals surface area (Å²) >= 11 is 0. The summed E-state index contributed by atoms with van der Waals surface area (Å²) in [5.41, 5.74) is 0.774. The minimum absolute atomic E-state index is 0.139. The number of aliphatic carboxylic acids is 1. The molecule has 2 N–H and O–H groups in total. The molecule has 1 saturated heterocycles. The highest BCUT2D eigenvalue weighted by molar-refractivity contribution is 7.90. The molecule has 1 heterocycles. The third kappa shape index (κ3) is 4.70. The number of nitrogens with zero attached hydrogens (tertiary/aromatic N) is 1. The standard InChI is InChI=1S/C16H22N2O5S/c1-11-7-13(15(19)20)10-18(9-11)16(21)17-8-12-3-5-14(6-4-12)24(2,22)23/h3-6,11,13H,7-10H2,1-2H3,(H,17,21)(H,19,20). The molecule has 2 amide bonds. The molecule has 0 radical (unpaired) electrons. The van der Waals surface area contributed by atoms with Crippen LogP contribution in [0.4, 0.5) is 4.79 Å². The molecule has 1 aliphatic rings. The minimum atomic E-state index is -3.24. The number of carboxylic acids is 1. The number of likely N-dealkylation sites (tertiary alicyclic amines) is 1. The maximum absolute atomic E-state index is 12.2. The summed E-state index contributed by atoms with van der Waals surface area (Å²) in [6.07, 6.45) is 1.71. The Morgan fingerprint density at radius 1 is 1.25 bits per heavy atom. The van der Waals surface area contributed by atoms with E-state index in [2.05, 4.69) is 5.32 Å². The summed E-state index contributed by atoms with van der Waals surface area (Å²) in [6, 6.07) is 5.99. The molecule has 0 bridgehead atoms. The second-order valence-corrected chi connectivity index (χ2v) is 8.37. The lowest BCUT2D eigenvalue weighted by molar-refractivity contribution is -0.143. The number of carboxylic acid groups (broad SMARTS) is 1. The normalized spacial score (nSPS) is 21.3. The number of piperidine rings is 1. The average Bonchev–Trinajstić information content (AvgIpc) is 2.51. The van der Waals surface area contributed by atoms with E-state index < -0.39 is 21.7 Å². The lowest BCUT2D eigenvalue weighted by atomic mass is 9.91. The van der Waals surface area contributed by atoms with E-state index in [1.807, 2.05) is 6.92 Å². The lowest BCUT2D eigenvalue weighted by Gasteiger charge is -2.34. The van der Waals surface area contributed by atoms with Crippen LogP contribution in [0.5, 0.6) is 0 Å². The number of hydrogen-bond donors (Lipinski definition) is 2. The van der Waals surface area contributed by atoms with Crippen molar-refractivity contribution in [1.29, 1.82) is 0 Å². The zero-order valence-electron chi connectivity index (χ0n) is 13.7. The van der Waals surface area contributed by atoms with Gasteiger partial charge in [-0.2, -0.15) is 0 Å². The summed E-state index contributed by atoms with van der Waals surface area (Å²) in [7, 11) is -3.24. The molecule has 1 aromatic rings. The molecule has 1 fully saturated rings. The minimum Gasteiger partial charge on any atom is -0.481 e. The van der Waals surface area contributed by atoms with Crippen molar-refractivity contribution in [3.8, 4) is 0 Å². The van der Waals surface area contributed by atoms with Crippen LogP contribution < -0.4 is 5.32 Å². The summed E-state index contributed by atoms with van der Waals surface area (Å²) in [6.45, 7) is 2.92. The van der Waals surface area contributed by atoms with Crippen LogP contribution >= 0.6 is 0 Å². The molecule has 2 atom stereocenters. The topological polar surface area (TPSA) is 104 Å². The van der Waals surface area contributed by atoms with E-state index in [4.69, 9.17) is 5.11 Å². The predicted molar refractivity (Wildman–Crippen MR) is 88.3 cm³/mol. The van der Waals surface area contributed by atoms with Crippen molar-refractivity contribution in [3.63, 3.8) is 0 Å². The largest absolute Gasteiger partial charge is 0.481 e. The van der Waals surface area contributed by atoms with Crippen LogP contribution in [0.2, 0.25) is 0 Å². The highest BCUT2D eigenvalue weighted by atomic mass is 32.2. The van der Waals surface area contributed by atoms with Crippen LogP contribution in [0.15, 0.2) is 29.2 Å². The highest BCUT2D eigenvalue weighted by Crippen LogP contribution is 2.21. The van der Waals surface area contributed by atoms with E-state index in [0.29, 0.717) is 13.0 Å². The van der Waals surface area contributed by atoms with Gasteiger partial charge in [-0.25, -0.2) is 13.2 Å². The Morgan fingerprint density at radius 3 is 2.42 bits per heavy atom. The Labute approximate surface area is 141 Å². The van der Waals surface area contributed by atoms with Gasteiger partial charge in [0.2, 0.25) is 0 Å². The number of amides is 2. The van der Waals surface area contributed by atoms with Crippen molar-refractivity contribution in [2.45, 2.75) is 24.8 Å². The molecule has 132 valence electrons. The predicted octanol–water partition coefficient (Wildman–Crippen LogP) is 1.34. The molecule has 0 aliphatic carbocycles. The summed E-state index contributed by atoms with van der Waals surface area (Å²) in [4.78, 5) is 25.1. The molecular weight excluding hydrogens is 332 g/mol. The fourth-order valence-electron chi connectivity index (χ4n) is 2.84. The van der Waals surface area contributed by atoms with E-state index in [0.717, 1.165) is 11.8 Å². The van der Waals surface area contributed by atoms with Crippen LogP contribution in [0.3, 0.4) is 0 Å². The molecule has 2 rings (SSSR count). The van der Waals surface area contributed by atoms with E-state index in [-0.39, 0.29) is 29.9 Å². The zero-order valence-corrected chi connectivity index (χ0v) is 14.5. The van der Waals surface area contributed by atoms with Gasteiger partial charge in [-0.1, -0.05) is 19.1 Å². The number of carbonyl (C=O) groups is 2. The average molecular weight is 354 g/mol. The van der Waals surface area contributed by atoms with E-state index in [1.165, 1.54) is 17.0 Å². The molecular formula is C16H22N2O5S. The van der Waals surface area contributed by atoms with E-state index >= 15 is 0 Å². The third-order valence-corrected chi connectivity index (χ3v) is 5.22. The van der Waals surface area contributed by atoms with Crippen molar-refractivity contribution in [3.05, 3.63) is 29.8 Å². The molecule has 0 aromatic heterocycles. The van der Waals surface area contributed by atoms with Gasteiger partial charge in [0.05, 0.1) is 10.8 Å². The van der Waals surface area contributed by atoms with Gasteiger partial charge < -0.3 is 15.3 Å². The summed E-state index contributed by atoms with van der Waals surface area (Å²) in [5.74, 6) is -1.27. The molecule has 2 unspecified atom stereocenters. The SMILES string of the molecule is CC1CC(C(=O)O)CN(C(=O)NCc2ccc(S(C)(=O)=O)cc2)C1. The highest BCUT2D eigenvalue weighted by Gasteiger charge is 2.31. The van der Waals surface area contributed by atoms with E-state index in [1.54, 1.807) is 12.1 Å². The van der Waals surface area contributed by atoms with Crippen LogP contribution in [0.1, 0.15) is 18.9 Å². The molecule has 7 nitrogen and oxygen atoms in total. The Morgan fingerprint density at radius 2 is 1.88 bits per heavy atom. The van der Waals surface area contributed by atoms with Crippen LogP contribution in [0, 0.1) is 11.8 Å². The maximum Gasteiger partial charge on any atom is 0.317 e. The first-order valence-corrected chi connectivity index (χ1v) is 9.60. The zero-order chi connectivity index (χ0) is 17.9. The van der Waals surface area contributed by atoms with Gasteiger partial charge in [0.1, 0.15) is 0 Å². The van der Waals surface area contributed by atoms with Crippen LogP contribution in [-0.2, 0) is 21.2 Å². The number of nitrogens with one attached hydrogen (secondary N) is 1. The fraction of sp³-hybridized carbons (Fsp3) is 0.500. The van der Waals surface area contributed by atoms with E-state index in [9.17, 15) is 18.0 Å². The maximum atomic E-state index is 12.2. The van der Waals surface area contributed by atoms with Crippen molar-refractivity contribution in [2.24, 2.45) is 11.8 Å². The smallest absolute Gasteiger partial charge is 0.317 e. The number of urea groups is 1. The number of hydrogen-bond acceptors (Lipinski definition) is 4. The first kappa shape index (κ1) is 18.3. The number of sulfone groups is 1. The Balaban J connectivity index is 1.94. The van der Waals surface area contributed by atoms with Gasteiger partial charge in [-0.3, -0.25) is 4.79 Å². The van der Waals surface area contributed by atoms with Crippen molar-refractivity contribution < 1.29 is 23.1 Å². The Kier molecular flexibility index (Phi) is 5.48. The molecule has 8 heteroatoms. The van der Waals surface area contributed by atoms with Gasteiger partial charge in [0, 0.05) is 25.9 Å². The molecule has 24 heavy (non-hydrogen) atoms. The molecule has 1 aromatic carbocycles. The van der Waals surface area contributed by atoms with Crippen LogP contribution in [-0.4, -0.2) is 49.8 Å². The second kappa shape index (κ2) is 7.21. The van der Waals surface area contributed by atoms with Crippen molar-refractivity contribution in [1.82, 2.24) is 10.2 Å². The van der Waals surface area contributed by atoms with Crippen LogP contribution in [0.25, 0.3) is 0 Å². The van der Waals surface area contributed by atoms with Gasteiger partial charge in [0.25, 0.3) is 0 Å². The third-order valence-electron chi connectivity index (χ3n) is 4.09. The molecule has 1 aliphatic heterocycles. The first-order chi connectivity index (χ1) is 11.2. The van der Waals surface area contributed by atoms with Crippen molar-refractivity contribution in [2.75, 3.05) is 19.3 Å². The Hall–Kier alpha value is -2.09. The fourth-order valence-corrected chi connectivity index (χ4v) is 3.47.